The lowest BCUT2D eigenvalue weighted by atomic mass is 10.2. The predicted octanol–water partition coefficient (Wildman–Crippen LogP) is 4.18. The second kappa shape index (κ2) is 8.03. The number of ether oxygens (including phenoxy) is 2. The Balaban J connectivity index is 2.15. The number of hydrogen-bond donors (Lipinski definition) is 1. The third-order valence-electron chi connectivity index (χ3n) is 3.17. The van der Waals surface area contributed by atoms with Crippen LogP contribution in [0.3, 0.4) is 0 Å². The molecule has 1 N–H and O–H groups in total. The van der Waals surface area contributed by atoms with E-state index < -0.39 is 0 Å². The third-order valence-corrected chi connectivity index (χ3v) is 3.53. The van der Waals surface area contributed by atoms with Gasteiger partial charge < -0.3 is 14.8 Å². The van der Waals surface area contributed by atoms with E-state index in [0.29, 0.717) is 18.2 Å². The highest BCUT2D eigenvalue weighted by Gasteiger charge is 2.10. The minimum Gasteiger partial charge on any atom is -0.457 e. The molecule has 2 rings (SSSR count). The molecule has 0 heterocycles. The molecule has 0 bridgehead atoms. The molecule has 2 aromatic rings. The average molecular weight is 306 g/mol. The van der Waals surface area contributed by atoms with E-state index in [4.69, 9.17) is 21.1 Å². The summed E-state index contributed by atoms with van der Waals surface area (Å²) >= 11 is 6.30. The van der Waals surface area contributed by atoms with Gasteiger partial charge in [0.05, 0.1) is 6.61 Å². The Morgan fingerprint density at radius 1 is 1.05 bits per heavy atom. The highest BCUT2D eigenvalue weighted by atomic mass is 35.5. The van der Waals surface area contributed by atoms with Gasteiger partial charge in [-0.1, -0.05) is 35.9 Å². The Bertz CT molecular complexity index is 587. The quantitative estimate of drug-likeness (QED) is 0.779. The summed E-state index contributed by atoms with van der Waals surface area (Å²) in [5, 5.41) is 3.99. The minimum absolute atomic E-state index is 0.643. The van der Waals surface area contributed by atoms with E-state index in [-0.39, 0.29) is 0 Å². The van der Waals surface area contributed by atoms with Gasteiger partial charge in [-0.3, -0.25) is 0 Å². The van der Waals surface area contributed by atoms with Gasteiger partial charge >= 0.3 is 0 Å². The van der Waals surface area contributed by atoms with Crippen molar-refractivity contribution < 1.29 is 9.47 Å². The number of benzene rings is 2. The van der Waals surface area contributed by atoms with Crippen LogP contribution in [0.2, 0.25) is 5.02 Å². The molecule has 21 heavy (non-hydrogen) atoms. The van der Waals surface area contributed by atoms with Crippen LogP contribution < -0.4 is 10.1 Å². The monoisotopic (exact) mass is 305 g/mol. The highest BCUT2D eigenvalue weighted by molar-refractivity contribution is 6.31. The van der Waals surface area contributed by atoms with Gasteiger partial charge in [-0.2, -0.15) is 0 Å². The number of rotatable bonds is 7. The van der Waals surface area contributed by atoms with Crippen molar-refractivity contribution in [2.75, 3.05) is 20.3 Å². The van der Waals surface area contributed by atoms with E-state index in [1.54, 1.807) is 7.11 Å². The molecule has 0 saturated heterocycles. The lowest BCUT2D eigenvalue weighted by Crippen LogP contribution is -2.19. The maximum atomic E-state index is 6.30. The maximum Gasteiger partial charge on any atom is 0.133 e. The zero-order chi connectivity index (χ0) is 15.1. The fraction of sp³-hybridized carbons (Fsp3) is 0.294. The number of aryl methyl sites for hydroxylation is 1. The number of nitrogens with one attached hydrogen (secondary N) is 1. The fourth-order valence-electron chi connectivity index (χ4n) is 1.98. The first-order valence-corrected chi connectivity index (χ1v) is 7.30. The zero-order valence-electron chi connectivity index (χ0n) is 12.4. The number of methoxy groups -OCH3 is 1. The van der Waals surface area contributed by atoms with Crippen LogP contribution in [-0.4, -0.2) is 20.3 Å². The summed E-state index contributed by atoms with van der Waals surface area (Å²) in [7, 11) is 1.68. The molecular formula is C17H20ClNO2. The molecule has 0 aromatic heterocycles. The van der Waals surface area contributed by atoms with Crippen molar-refractivity contribution in [1.29, 1.82) is 0 Å². The van der Waals surface area contributed by atoms with Gasteiger partial charge in [0.1, 0.15) is 11.5 Å². The Morgan fingerprint density at radius 2 is 1.81 bits per heavy atom. The molecule has 0 fully saturated rings. The first kappa shape index (κ1) is 15.8. The normalized spacial score (nSPS) is 10.6. The smallest absolute Gasteiger partial charge is 0.133 e. The van der Waals surface area contributed by atoms with E-state index in [1.165, 1.54) is 0 Å². The summed E-state index contributed by atoms with van der Waals surface area (Å²) in [6.07, 6.45) is 0. The van der Waals surface area contributed by atoms with Gasteiger partial charge in [-0.05, 0) is 30.7 Å². The zero-order valence-corrected chi connectivity index (χ0v) is 13.1. The Kier molecular flexibility index (Phi) is 6.05. The van der Waals surface area contributed by atoms with Crippen LogP contribution in [0, 0.1) is 6.92 Å². The Labute approximate surface area is 130 Å². The molecule has 0 amide bonds. The van der Waals surface area contributed by atoms with Crippen LogP contribution in [0.4, 0.5) is 0 Å². The van der Waals surface area contributed by atoms with Crippen molar-refractivity contribution in [3.63, 3.8) is 0 Å². The molecule has 2 aromatic carbocycles. The molecule has 0 aliphatic rings. The van der Waals surface area contributed by atoms with E-state index >= 15 is 0 Å². The van der Waals surface area contributed by atoms with Gasteiger partial charge in [0, 0.05) is 30.8 Å². The van der Waals surface area contributed by atoms with Crippen LogP contribution in [-0.2, 0) is 11.3 Å². The predicted molar refractivity (Wildman–Crippen MR) is 86.3 cm³/mol. The lowest BCUT2D eigenvalue weighted by molar-refractivity contribution is 0.199. The van der Waals surface area contributed by atoms with E-state index in [9.17, 15) is 0 Å². The lowest BCUT2D eigenvalue weighted by Gasteiger charge is -2.14. The Morgan fingerprint density at radius 3 is 2.57 bits per heavy atom. The van der Waals surface area contributed by atoms with Crippen LogP contribution in [0.5, 0.6) is 11.5 Å². The molecule has 0 aliphatic carbocycles. The summed E-state index contributed by atoms with van der Waals surface area (Å²) in [6.45, 7) is 4.10. The SMILES string of the molecule is COCCNCc1c(Cl)cccc1Oc1ccccc1C. The molecule has 0 spiro atoms. The van der Waals surface area contributed by atoms with Crippen LogP contribution in [0.15, 0.2) is 42.5 Å². The first-order chi connectivity index (χ1) is 10.2. The summed E-state index contributed by atoms with van der Waals surface area (Å²) in [5.74, 6) is 1.62. The number of hydrogen-bond acceptors (Lipinski definition) is 3. The largest absolute Gasteiger partial charge is 0.457 e. The van der Waals surface area contributed by atoms with Crippen molar-refractivity contribution >= 4 is 11.6 Å². The van der Waals surface area contributed by atoms with Gasteiger partial charge in [0.25, 0.3) is 0 Å². The van der Waals surface area contributed by atoms with Gasteiger partial charge in [-0.15, -0.1) is 0 Å². The van der Waals surface area contributed by atoms with E-state index in [2.05, 4.69) is 5.32 Å². The summed E-state index contributed by atoms with van der Waals surface area (Å²) in [4.78, 5) is 0. The van der Waals surface area contributed by atoms with Gasteiger partial charge in [0.2, 0.25) is 0 Å². The second-order valence-electron chi connectivity index (χ2n) is 4.75. The van der Waals surface area contributed by atoms with Gasteiger partial charge in [0.15, 0.2) is 0 Å². The third kappa shape index (κ3) is 4.46. The first-order valence-electron chi connectivity index (χ1n) is 6.93. The second-order valence-corrected chi connectivity index (χ2v) is 5.16. The van der Waals surface area contributed by atoms with Crippen LogP contribution in [0.25, 0.3) is 0 Å². The minimum atomic E-state index is 0.643. The summed E-state index contributed by atoms with van der Waals surface area (Å²) < 4.78 is 11.0. The van der Waals surface area contributed by atoms with Gasteiger partial charge in [-0.25, -0.2) is 0 Å². The molecule has 3 nitrogen and oxygen atoms in total. The van der Waals surface area contributed by atoms with E-state index in [0.717, 1.165) is 29.2 Å². The van der Waals surface area contributed by atoms with Crippen molar-refractivity contribution in [1.82, 2.24) is 5.32 Å². The summed E-state index contributed by atoms with van der Waals surface area (Å²) in [5.41, 5.74) is 2.05. The molecule has 0 radical (unpaired) electrons. The number of para-hydroxylation sites is 1. The number of halogens is 1. The standard InChI is InChI=1S/C17H20ClNO2/c1-13-6-3-4-8-16(13)21-17-9-5-7-15(18)14(17)12-19-10-11-20-2/h3-9,19H,10-12H2,1-2H3. The fourth-order valence-corrected chi connectivity index (χ4v) is 2.22. The summed E-state index contributed by atoms with van der Waals surface area (Å²) in [6, 6.07) is 13.6. The molecular weight excluding hydrogens is 286 g/mol. The molecule has 4 heteroatoms. The Hall–Kier alpha value is -1.55. The average Bonchev–Trinajstić information content (AvgIpc) is 2.48. The van der Waals surface area contributed by atoms with Crippen molar-refractivity contribution in [3.05, 3.63) is 58.6 Å². The molecule has 112 valence electrons. The molecule has 0 unspecified atom stereocenters. The molecule has 0 atom stereocenters. The van der Waals surface area contributed by atoms with Crippen molar-refractivity contribution in [2.24, 2.45) is 0 Å². The maximum absolute atomic E-state index is 6.30. The van der Waals surface area contributed by atoms with Crippen molar-refractivity contribution in [3.8, 4) is 11.5 Å². The van der Waals surface area contributed by atoms with Crippen molar-refractivity contribution in [2.45, 2.75) is 13.5 Å². The highest BCUT2D eigenvalue weighted by Crippen LogP contribution is 2.31. The molecule has 0 saturated carbocycles. The molecule has 0 aliphatic heterocycles. The topological polar surface area (TPSA) is 30.5 Å². The van der Waals surface area contributed by atoms with E-state index in [1.807, 2.05) is 49.4 Å². The van der Waals surface area contributed by atoms with Crippen LogP contribution in [0.1, 0.15) is 11.1 Å². The van der Waals surface area contributed by atoms with Crippen LogP contribution >= 0.6 is 11.6 Å².